The molecule has 0 aromatic heterocycles. The molecule has 2 spiro atoms. The van der Waals surface area contributed by atoms with Crippen LogP contribution in [0.25, 0.3) is 0 Å². The lowest BCUT2D eigenvalue weighted by atomic mass is 8.98. The van der Waals surface area contributed by atoms with Gasteiger partial charge in [-0.3, -0.25) is 0 Å². The predicted molar refractivity (Wildman–Crippen MR) is 112 cm³/mol. The van der Waals surface area contributed by atoms with Crippen LogP contribution in [0.15, 0.2) is 0 Å². The Labute approximate surface area is 167 Å². The van der Waals surface area contributed by atoms with Crippen molar-refractivity contribution < 1.29 is 0 Å². The van der Waals surface area contributed by atoms with Gasteiger partial charge in [-0.1, -0.05) is 52.6 Å². The smallest absolute Gasteiger partial charge is 0.110 e. The van der Waals surface area contributed by atoms with Crippen molar-refractivity contribution in [2.45, 2.75) is 62.8 Å². The van der Waals surface area contributed by atoms with Crippen LogP contribution in [-0.2, 0) is 0 Å². The first kappa shape index (κ1) is 19.1. The minimum atomic E-state index is -1.89. The molecule has 3 saturated carbocycles. The van der Waals surface area contributed by atoms with E-state index in [0.29, 0.717) is 0 Å². The average molecular weight is 295 g/mol. The highest BCUT2D eigenvalue weighted by Crippen LogP contribution is 3.30. The van der Waals surface area contributed by atoms with Crippen LogP contribution in [0.1, 0.15) is 20.8 Å². The Bertz CT molecular complexity index is 709. The van der Waals surface area contributed by atoms with Gasteiger partial charge in [-0.25, -0.2) is 0 Å². The highest BCUT2D eigenvalue weighted by atomic mass is 15.1. The molecule has 25 heavy (non-hydrogen) atoms. The van der Waals surface area contributed by atoms with Crippen molar-refractivity contribution in [3.8, 4) is 0 Å². The van der Waals surface area contributed by atoms with Crippen LogP contribution in [0.3, 0.4) is 0 Å². The minimum absolute atomic E-state index is 0.723. The van der Waals surface area contributed by atoms with E-state index in [2.05, 4.69) is 0 Å². The fourth-order valence-electron chi connectivity index (χ4n) is 6.88. The van der Waals surface area contributed by atoms with E-state index in [0.717, 1.165) is 0 Å². The maximum absolute atomic E-state index is 6.88. The molecule has 23 radical (unpaired) electrons. The van der Waals surface area contributed by atoms with Crippen molar-refractivity contribution in [3.63, 3.8) is 0 Å². The molecule has 0 aromatic carbocycles. The molecular formula is C13H9B12. The van der Waals surface area contributed by atoms with Crippen LogP contribution in [0.5, 0.6) is 0 Å². The molecule has 4 aliphatic rings. The minimum Gasteiger partial charge on any atom is -0.110 e. The van der Waals surface area contributed by atoms with E-state index in [9.17, 15) is 0 Å². The van der Waals surface area contributed by atoms with Gasteiger partial charge in [0.1, 0.15) is 7.28 Å². The summed E-state index contributed by atoms with van der Waals surface area (Å²) in [6, 6.07) is 0. The summed E-state index contributed by atoms with van der Waals surface area (Å²) >= 11 is 0. The van der Waals surface area contributed by atoms with Gasteiger partial charge in [0.15, 0.2) is 0 Å². The van der Waals surface area contributed by atoms with Crippen LogP contribution in [-0.4, -0.2) is 93.6 Å². The summed E-state index contributed by atoms with van der Waals surface area (Å²) in [4.78, 5) is 0. The molecule has 0 N–H and O–H groups in total. The second-order valence-electron chi connectivity index (χ2n) is 9.91. The molecule has 0 amide bonds. The van der Waals surface area contributed by atoms with Crippen molar-refractivity contribution in [1.82, 2.24) is 0 Å². The third-order valence-electron chi connectivity index (χ3n) is 8.53. The lowest BCUT2D eigenvalue weighted by molar-refractivity contribution is 0.107. The van der Waals surface area contributed by atoms with Crippen molar-refractivity contribution in [3.05, 3.63) is 0 Å². The lowest BCUT2D eigenvalue weighted by Gasteiger charge is -2.83. The molecule has 0 nitrogen and oxygen atoms in total. The first-order valence-corrected chi connectivity index (χ1v) is 8.25. The summed E-state index contributed by atoms with van der Waals surface area (Å²) in [6.07, 6.45) is 0. The summed E-state index contributed by atoms with van der Waals surface area (Å²) in [7, 11) is 73.4. The van der Waals surface area contributed by atoms with Gasteiger partial charge in [-0.15, -0.1) is 15.6 Å². The van der Waals surface area contributed by atoms with Crippen molar-refractivity contribution in [2.75, 3.05) is 0 Å². The molecule has 97 valence electrons. The molecule has 0 aromatic rings. The lowest BCUT2D eigenvalue weighted by Crippen LogP contribution is -2.69. The highest BCUT2D eigenvalue weighted by molar-refractivity contribution is 6.87. The van der Waals surface area contributed by atoms with Gasteiger partial charge >= 0.3 is 0 Å². The molecule has 1 heterocycles. The van der Waals surface area contributed by atoms with Gasteiger partial charge in [0.25, 0.3) is 0 Å². The monoisotopic (exact) mass is 297 g/mol. The number of rotatable bonds is 1. The van der Waals surface area contributed by atoms with Crippen molar-refractivity contribution in [2.24, 2.45) is 10.8 Å². The largest absolute Gasteiger partial charge is 0.114 e. The van der Waals surface area contributed by atoms with Crippen LogP contribution in [0.2, 0.25) is 42.0 Å². The highest BCUT2D eigenvalue weighted by Gasteiger charge is 3.13. The normalized spacial score (nSPS) is 55.6. The Balaban J connectivity index is 2.08. The predicted octanol–water partition coefficient (Wildman–Crippen LogP) is -1.31. The van der Waals surface area contributed by atoms with Gasteiger partial charge in [0.05, 0.1) is 86.3 Å². The van der Waals surface area contributed by atoms with E-state index in [4.69, 9.17) is 86.3 Å². The maximum Gasteiger partial charge on any atom is 0.114 e. The molecule has 5 atom stereocenters. The molecule has 1 saturated heterocycles. The fraction of sp³-hybridized carbons (Fsp3) is 1.00. The Hall–Kier alpha value is 0.779. The first-order valence-electron chi connectivity index (χ1n) is 8.25. The van der Waals surface area contributed by atoms with E-state index in [1.165, 1.54) is 0 Å². The summed E-state index contributed by atoms with van der Waals surface area (Å²) < 4.78 is 0. The molecule has 12 heteroatoms. The number of hydrogen-bond donors (Lipinski definition) is 0. The molecule has 3 aliphatic carbocycles. The standard InChI is InChI=1S/C13H9B12/c1-4(2,3)9(16,17)7(15)8-5(13(8,24)25-8)6(14,11(7,20)21)12(22,23)10(5,18)19/h1-3H3. The molecule has 4 rings (SSSR count). The summed E-state index contributed by atoms with van der Waals surface area (Å²) in [5, 5.41) is -12.4. The average Bonchev–Trinajstić information content (AvgIpc) is 3.16. The Morgan fingerprint density at radius 1 is 0.680 bits per heavy atom. The third-order valence-corrected chi connectivity index (χ3v) is 8.53. The van der Waals surface area contributed by atoms with E-state index in [-0.39, 0.29) is 0 Å². The maximum atomic E-state index is 6.88. The quantitative estimate of drug-likeness (QED) is 0.527. The molecule has 5 unspecified atom stereocenters. The zero-order chi connectivity index (χ0) is 19.7. The van der Waals surface area contributed by atoms with Gasteiger partial charge < -0.3 is 0 Å². The third kappa shape index (κ3) is 1.05. The zero-order valence-electron chi connectivity index (χ0n) is 14.9. The van der Waals surface area contributed by atoms with Crippen LogP contribution in [0, 0.1) is 10.8 Å². The Kier molecular flexibility index (Phi) is 2.81. The number of hydrogen-bond acceptors (Lipinski definition) is 0. The van der Waals surface area contributed by atoms with E-state index >= 15 is 0 Å². The van der Waals surface area contributed by atoms with Gasteiger partial charge in [0, 0.05) is 0 Å². The Morgan fingerprint density at radius 3 is 1.44 bits per heavy atom. The Morgan fingerprint density at radius 2 is 1.12 bits per heavy atom. The molecule has 1 aliphatic heterocycles. The SMILES string of the molecule is [B]C([B])(C(C)(C)C)C1([B])C([B])([B])C2([B])C([B])([B])C([B])([B])C23C2([B])[B]C213. The van der Waals surface area contributed by atoms with E-state index < -0.39 is 52.8 Å². The van der Waals surface area contributed by atoms with Crippen LogP contribution < -0.4 is 0 Å². The fourth-order valence-corrected chi connectivity index (χ4v) is 6.88. The van der Waals surface area contributed by atoms with Crippen LogP contribution >= 0.6 is 0 Å². The summed E-state index contributed by atoms with van der Waals surface area (Å²) in [6.45, 7) is 5.47. The van der Waals surface area contributed by atoms with Crippen molar-refractivity contribution >= 4 is 93.6 Å². The summed E-state index contributed by atoms with van der Waals surface area (Å²) in [5.41, 5.74) is -1.92. The molecular weight excluding hydrogens is 286 g/mol. The van der Waals surface area contributed by atoms with Gasteiger partial charge in [-0.2, -0.15) is 0 Å². The van der Waals surface area contributed by atoms with E-state index in [1.54, 1.807) is 7.28 Å². The summed E-state index contributed by atoms with van der Waals surface area (Å²) in [5.74, 6) is 0. The second-order valence-corrected chi connectivity index (χ2v) is 9.91. The zero-order valence-corrected chi connectivity index (χ0v) is 14.9. The molecule has 0 bridgehead atoms. The van der Waals surface area contributed by atoms with Gasteiger partial charge in [0.2, 0.25) is 0 Å². The molecule has 4 fully saturated rings. The second kappa shape index (κ2) is 3.67. The van der Waals surface area contributed by atoms with Crippen LogP contribution in [0.4, 0.5) is 0 Å². The topological polar surface area (TPSA) is 0 Å². The van der Waals surface area contributed by atoms with Gasteiger partial charge in [-0.05, 0) is 5.41 Å². The van der Waals surface area contributed by atoms with Crippen molar-refractivity contribution in [1.29, 1.82) is 0 Å². The van der Waals surface area contributed by atoms with E-state index in [1.807, 2.05) is 20.8 Å². The first-order chi connectivity index (χ1) is 10.7.